The minimum atomic E-state index is 0.511. The van der Waals surface area contributed by atoms with Crippen LogP contribution < -0.4 is 5.32 Å². The maximum absolute atomic E-state index is 4.36. The van der Waals surface area contributed by atoms with Crippen molar-refractivity contribution in [2.24, 2.45) is 7.05 Å². The summed E-state index contributed by atoms with van der Waals surface area (Å²) < 4.78 is 1.94. The summed E-state index contributed by atoms with van der Waals surface area (Å²) in [6.07, 6.45) is 4.34. The minimum Gasteiger partial charge on any atom is -0.313 e. The molecule has 3 nitrogen and oxygen atoms in total. The molecule has 0 radical (unpaired) electrons. The van der Waals surface area contributed by atoms with E-state index < -0.39 is 0 Å². The molecule has 1 unspecified atom stereocenters. The quantitative estimate of drug-likeness (QED) is 0.876. The number of nitrogens with one attached hydrogen (secondary N) is 1. The molecule has 3 rings (SSSR count). The molecular formula is C15H19N3. The lowest BCUT2D eigenvalue weighted by Crippen LogP contribution is -2.12. The van der Waals surface area contributed by atoms with Crippen LogP contribution in [0.15, 0.2) is 24.4 Å². The molecule has 94 valence electrons. The van der Waals surface area contributed by atoms with Gasteiger partial charge in [-0.25, -0.2) is 0 Å². The zero-order valence-corrected chi connectivity index (χ0v) is 11.2. The van der Waals surface area contributed by atoms with Gasteiger partial charge < -0.3 is 5.32 Å². The fraction of sp³-hybridized carbons (Fsp3) is 0.400. The Morgan fingerprint density at radius 1 is 1.33 bits per heavy atom. The number of hydrogen-bond donors (Lipinski definition) is 1. The molecule has 0 saturated carbocycles. The van der Waals surface area contributed by atoms with E-state index in [0.717, 1.165) is 6.42 Å². The van der Waals surface area contributed by atoms with Crippen molar-refractivity contribution >= 4 is 0 Å². The second kappa shape index (κ2) is 4.25. The molecule has 0 aliphatic heterocycles. The fourth-order valence-electron chi connectivity index (χ4n) is 2.97. The highest BCUT2D eigenvalue weighted by atomic mass is 15.3. The summed E-state index contributed by atoms with van der Waals surface area (Å²) >= 11 is 0. The van der Waals surface area contributed by atoms with E-state index in [4.69, 9.17) is 0 Å². The first-order chi connectivity index (χ1) is 8.72. The van der Waals surface area contributed by atoms with Gasteiger partial charge in [-0.15, -0.1) is 0 Å². The standard InChI is InChI=1S/C15H19N3/c1-10-14(9-17-18(10)3)11-5-4-6-13-12(11)7-8-15(13)16-2/h4-6,9,15-16H,7-8H2,1-3H3. The molecular weight excluding hydrogens is 222 g/mol. The van der Waals surface area contributed by atoms with Gasteiger partial charge in [-0.05, 0) is 43.5 Å². The van der Waals surface area contributed by atoms with Crippen molar-refractivity contribution < 1.29 is 0 Å². The molecule has 0 bridgehead atoms. The monoisotopic (exact) mass is 241 g/mol. The van der Waals surface area contributed by atoms with Gasteiger partial charge in [0.2, 0.25) is 0 Å². The zero-order valence-electron chi connectivity index (χ0n) is 11.2. The molecule has 1 aromatic carbocycles. The topological polar surface area (TPSA) is 29.9 Å². The number of nitrogens with zero attached hydrogens (tertiary/aromatic N) is 2. The lowest BCUT2D eigenvalue weighted by molar-refractivity contribution is 0.590. The molecule has 0 amide bonds. The lowest BCUT2D eigenvalue weighted by atomic mass is 9.97. The number of fused-ring (bicyclic) bond motifs is 1. The minimum absolute atomic E-state index is 0.511. The van der Waals surface area contributed by atoms with Crippen LogP contribution >= 0.6 is 0 Å². The molecule has 1 aliphatic carbocycles. The van der Waals surface area contributed by atoms with Crippen molar-refractivity contribution in [3.63, 3.8) is 0 Å². The molecule has 1 heterocycles. The Bertz CT molecular complexity index is 583. The van der Waals surface area contributed by atoms with Crippen LogP contribution in [0.2, 0.25) is 0 Å². The number of aryl methyl sites for hydroxylation is 1. The number of aromatic nitrogens is 2. The van der Waals surface area contributed by atoms with Crippen LogP contribution in [0, 0.1) is 6.92 Å². The van der Waals surface area contributed by atoms with E-state index in [1.165, 1.54) is 34.4 Å². The van der Waals surface area contributed by atoms with E-state index >= 15 is 0 Å². The van der Waals surface area contributed by atoms with E-state index in [9.17, 15) is 0 Å². The Balaban J connectivity index is 2.15. The number of rotatable bonds is 2. The highest BCUT2D eigenvalue weighted by Gasteiger charge is 2.24. The van der Waals surface area contributed by atoms with Crippen LogP contribution in [-0.2, 0) is 13.5 Å². The highest BCUT2D eigenvalue weighted by Crippen LogP contribution is 2.38. The van der Waals surface area contributed by atoms with Crippen LogP contribution in [0.25, 0.3) is 11.1 Å². The van der Waals surface area contributed by atoms with Gasteiger partial charge in [0.1, 0.15) is 0 Å². The highest BCUT2D eigenvalue weighted by molar-refractivity contribution is 5.71. The van der Waals surface area contributed by atoms with E-state index in [2.05, 4.69) is 35.5 Å². The first-order valence-corrected chi connectivity index (χ1v) is 6.50. The molecule has 1 aromatic heterocycles. The normalized spacial score (nSPS) is 18.1. The molecule has 18 heavy (non-hydrogen) atoms. The molecule has 0 saturated heterocycles. The van der Waals surface area contributed by atoms with Gasteiger partial charge in [-0.2, -0.15) is 5.10 Å². The van der Waals surface area contributed by atoms with Crippen molar-refractivity contribution in [3.8, 4) is 11.1 Å². The summed E-state index contributed by atoms with van der Waals surface area (Å²) in [5.74, 6) is 0. The summed E-state index contributed by atoms with van der Waals surface area (Å²) in [6.45, 7) is 2.13. The Kier molecular flexibility index (Phi) is 2.71. The third-order valence-electron chi connectivity index (χ3n) is 4.14. The maximum atomic E-state index is 4.36. The fourth-order valence-corrected chi connectivity index (χ4v) is 2.97. The van der Waals surface area contributed by atoms with Gasteiger partial charge in [-0.1, -0.05) is 18.2 Å². The van der Waals surface area contributed by atoms with Gasteiger partial charge >= 0.3 is 0 Å². The molecule has 1 atom stereocenters. The average molecular weight is 241 g/mol. The number of hydrogen-bond acceptors (Lipinski definition) is 2. The first kappa shape index (κ1) is 11.5. The summed E-state index contributed by atoms with van der Waals surface area (Å²) in [5, 5.41) is 7.76. The average Bonchev–Trinajstić information content (AvgIpc) is 2.94. The maximum Gasteiger partial charge on any atom is 0.0571 e. The molecule has 1 N–H and O–H groups in total. The van der Waals surface area contributed by atoms with Gasteiger partial charge in [0, 0.05) is 24.3 Å². The smallest absolute Gasteiger partial charge is 0.0571 e. The largest absolute Gasteiger partial charge is 0.313 e. The molecule has 0 spiro atoms. The summed E-state index contributed by atoms with van der Waals surface area (Å²) in [4.78, 5) is 0. The number of benzene rings is 1. The van der Waals surface area contributed by atoms with Crippen molar-refractivity contribution in [2.75, 3.05) is 7.05 Å². The third-order valence-corrected chi connectivity index (χ3v) is 4.14. The van der Waals surface area contributed by atoms with Crippen LogP contribution in [0.3, 0.4) is 0 Å². The molecule has 2 aromatic rings. The predicted molar refractivity (Wildman–Crippen MR) is 73.5 cm³/mol. The summed E-state index contributed by atoms with van der Waals surface area (Å²) in [5.41, 5.74) is 6.81. The summed E-state index contributed by atoms with van der Waals surface area (Å²) in [7, 11) is 4.04. The third kappa shape index (κ3) is 1.58. The lowest BCUT2D eigenvalue weighted by Gasteiger charge is -2.12. The van der Waals surface area contributed by atoms with E-state index in [1.54, 1.807) is 0 Å². The van der Waals surface area contributed by atoms with Crippen molar-refractivity contribution in [3.05, 3.63) is 41.2 Å². The second-order valence-corrected chi connectivity index (χ2v) is 5.02. The Morgan fingerprint density at radius 2 is 2.17 bits per heavy atom. The van der Waals surface area contributed by atoms with Crippen LogP contribution in [-0.4, -0.2) is 16.8 Å². The van der Waals surface area contributed by atoms with Gasteiger partial charge in [-0.3, -0.25) is 4.68 Å². The van der Waals surface area contributed by atoms with Crippen molar-refractivity contribution in [1.82, 2.24) is 15.1 Å². The van der Waals surface area contributed by atoms with Crippen molar-refractivity contribution in [1.29, 1.82) is 0 Å². The predicted octanol–water partition coefficient (Wildman–Crippen LogP) is 2.60. The molecule has 0 fully saturated rings. The zero-order chi connectivity index (χ0) is 12.7. The van der Waals surface area contributed by atoms with Gasteiger partial charge in [0.05, 0.1) is 6.20 Å². The SMILES string of the molecule is CNC1CCc2c(-c3cnn(C)c3C)cccc21. The summed E-state index contributed by atoms with van der Waals surface area (Å²) in [6, 6.07) is 7.15. The van der Waals surface area contributed by atoms with Crippen LogP contribution in [0.1, 0.15) is 29.3 Å². The molecule has 1 aliphatic rings. The van der Waals surface area contributed by atoms with Crippen LogP contribution in [0.5, 0.6) is 0 Å². The Hall–Kier alpha value is -1.61. The molecule has 3 heteroatoms. The van der Waals surface area contributed by atoms with Crippen molar-refractivity contribution in [2.45, 2.75) is 25.8 Å². The Labute approximate surface area is 108 Å². The van der Waals surface area contributed by atoms with Gasteiger partial charge in [0.25, 0.3) is 0 Å². The van der Waals surface area contributed by atoms with Crippen LogP contribution in [0.4, 0.5) is 0 Å². The van der Waals surface area contributed by atoms with E-state index in [1.807, 2.05) is 25.0 Å². The van der Waals surface area contributed by atoms with E-state index in [0.29, 0.717) is 6.04 Å². The van der Waals surface area contributed by atoms with E-state index in [-0.39, 0.29) is 0 Å². The second-order valence-electron chi connectivity index (χ2n) is 5.02. The Morgan fingerprint density at radius 3 is 2.83 bits per heavy atom. The first-order valence-electron chi connectivity index (χ1n) is 6.50. The van der Waals surface area contributed by atoms with Gasteiger partial charge in [0.15, 0.2) is 0 Å².